The normalized spacial score (nSPS) is 14.7. The van der Waals surface area contributed by atoms with Crippen LogP contribution in [0.25, 0.3) is 32.4 Å². The van der Waals surface area contributed by atoms with Gasteiger partial charge in [-0.25, -0.2) is 0 Å². The third kappa shape index (κ3) is 1.68. The van der Waals surface area contributed by atoms with E-state index in [4.69, 9.17) is 0 Å². The SMILES string of the molecule is Cc1[c-]c2c3ncccc3c3cccc4c3c2c(c1)C4(C)C.[Ir]. The van der Waals surface area contributed by atoms with Gasteiger partial charge in [0.15, 0.2) is 0 Å². The van der Waals surface area contributed by atoms with Crippen molar-refractivity contribution in [2.75, 3.05) is 0 Å². The van der Waals surface area contributed by atoms with E-state index in [1.165, 1.54) is 43.6 Å². The van der Waals surface area contributed by atoms with Crippen LogP contribution in [0.2, 0.25) is 0 Å². The van der Waals surface area contributed by atoms with Gasteiger partial charge in [0.2, 0.25) is 0 Å². The van der Waals surface area contributed by atoms with Crippen molar-refractivity contribution in [1.82, 2.24) is 4.98 Å². The predicted octanol–water partition coefficient (Wildman–Crippen LogP) is 5.29. The Morgan fingerprint density at radius 3 is 2.57 bits per heavy atom. The van der Waals surface area contributed by atoms with Crippen molar-refractivity contribution in [3.63, 3.8) is 0 Å². The molecule has 23 heavy (non-hydrogen) atoms. The van der Waals surface area contributed by atoms with E-state index in [1.807, 2.05) is 12.3 Å². The van der Waals surface area contributed by atoms with Crippen LogP contribution in [0.15, 0.2) is 42.6 Å². The third-order valence-corrected chi connectivity index (χ3v) is 5.20. The summed E-state index contributed by atoms with van der Waals surface area (Å²) in [6, 6.07) is 16.8. The molecule has 0 N–H and O–H groups in total. The van der Waals surface area contributed by atoms with Gasteiger partial charge in [0.25, 0.3) is 0 Å². The smallest absolute Gasteiger partial charge is 0.0161 e. The number of hydrogen-bond acceptors (Lipinski definition) is 1. The second-order valence-electron chi connectivity index (χ2n) is 6.87. The monoisotopic (exact) mass is 475 g/mol. The third-order valence-electron chi connectivity index (χ3n) is 5.20. The summed E-state index contributed by atoms with van der Waals surface area (Å²) in [5, 5.41) is 6.48. The number of benzene rings is 3. The zero-order valence-corrected chi connectivity index (χ0v) is 15.7. The summed E-state index contributed by atoms with van der Waals surface area (Å²) in [4.78, 5) is 4.68. The molecule has 0 amide bonds. The van der Waals surface area contributed by atoms with Crippen molar-refractivity contribution in [2.45, 2.75) is 26.2 Å². The van der Waals surface area contributed by atoms with Gasteiger partial charge in [-0.1, -0.05) is 50.4 Å². The Kier molecular flexibility index (Phi) is 2.98. The van der Waals surface area contributed by atoms with Crippen molar-refractivity contribution in [3.8, 4) is 0 Å². The summed E-state index contributed by atoms with van der Waals surface area (Å²) in [6.45, 7) is 6.79. The van der Waals surface area contributed by atoms with Crippen LogP contribution in [0.4, 0.5) is 0 Å². The molecule has 0 spiro atoms. The summed E-state index contributed by atoms with van der Waals surface area (Å²) in [5.41, 5.74) is 5.14. The van der Waals surface area contributed by atoms with Gasteiger partial charge in [0.05, 0.1) is 0 Å². The molecule has 4 aromatic rings. The molecule has 0 bridgehead atoms. The van der Waals surface area contributed by atoms with Crippen LogP contribution in [-0.2, 0) is 25.5 Å². The maximum absolute atomic E-state index is 4.68. The van der Waals surface area contributed by atoms with Crippen molar-refractivity contribution >= 4 is 32.4 Å². The summed E-state index contributed by atoms with van der Waals surface area (Å²) < 4.78 is 0. The number of pyridine rings is 1. The van der Waals surface area contributed by atoms with Crippen LogP contribution in [0, 0.1) is 13.0 Å². The van der Waals surface area contributed by atoms with Crippen LogP contribution < -0.4 is 0 Å². The Morgan fingerprint density at radius 1 is 0.957 bits per heavy atom. The van der Waals surface area contributed by atoms with E-state index in [2.05, 4.69) is 62.2 Å². The van der Waals surface area contributed by atoms with Crippen LogP contribution in [0.3, 0.4) is 0 Å². The van der Waals surface area contributed by atoms with Gasteiger partial charge in [0.1, 0.15) is 0 Å². The number of aryl methyl sites for hydroxylation is 1. The molecule has 0 atom stereocenters. The zero-order chi connectivity index (χ0) is 15.1. The average Bonchev–Trinajstić information content (AvgIpc) is 2.75. The Hall–Kier alpha value is -1.76. The molecule has 0 saturated carbocycles. The Morgan fingerprint density at radius 2 is 1.74 bits per heavy atom. The molecule has 115 valence electrons. The van der Waals surface area contributed by atoms with E-state index in [-0.39, 0.29) is 25.5 Å². The number of aromatic nitrogens is 1. The first-order chi connectivity index (χ1) is 10.6. The van der Waals surface area contributed by atoms with Gasteiger partial charge in [-0.15, -0.1) is 28.6 Å². The molecule has 5 rings (SSSR count). The standard InChI is InChI=1S/C21H16N.Ir/c1-12-10-15-19-17(11-12)21(2,3)16-8-4-6-13(18(16)19)14-7-5-9-22-20(14)15;/h4-9,11H,1-3H3;/q-1;. The van der Waals surface area contributed by atoms with Crippen molar-refractivity contribution in [2.24, 2.45) is 0 Å². The van der Waals surface area contributed by atoms with Crippen LogP contribution in [0.5, 0.6) is 0 Å². The number of rotatable bonds is 0. The minimum absolute atomic E-state index is 0. The van der Waals surface area contributed by atoms with E-state index >= 15 is 0 Å². The molecule has 1 aliphatic carbocycles. The molecule has 0 aliphatic heterocycles. The Labute approximate surface area is 149 Å². The van der Waals surface area contributed by atoms with Gasteiger partial charge in [-0.05, 0) is 38.7 Å². The maximum Gasteiger partial charge on any atom is 0.0161 e. The van der Waals surface area contributed by atoms with Gasteiger partial charge in [0, 0.05) is 26.3 Å². The topological polar surface area (TPSA) is 12.9 Å². The molecule has 1 heterocycles. The quantitative estimate of drug-likeness (QED) is 0.249. The molecule has 0 unspecified atom stereocenters. The molecule has 1 nitrogen and oxygen atoms in total. The Bertz CT molecular complexity index is 1110. The molecular formula is C21H16IrN-. The molecule has 0 fully saturated rings. The molecule has 1 radical (unpaired) electrons. The van der Waals surface area contributed by atoms with E-state index in [0.29, 0.717) is 0 Å². The van der Waals surface area contributed by atoms with Gasteiger partial charge in [-0.2, -0.15) is 0 Å². The predicted molar refractivity (Wildman–Crippen MR) is 92.5 cm³/mol. The first-order valence-electron chi connectivity index (χ1n) is 7.76. The second kappa shape index (κ2) is 4.63. The van der Waals surface area contributed by atoms with E-state index in [1.54, 1.807) is 0 Å². The summed E-state index contributed by atoms with van der Waals surface area (Å²) >= 11 is 0. The molecule has 3 aromatic carbocycles. The maximum atomic E-state index is 4.68. The minimum Gasteiger partial charge on any atom is -0.304 e. The van der Waals surface area contributed by atoms with Crippen LogP contribution in [-0.4, -0.2) is 4.98 Å². The molecule has 0 saturated heterocycles. The largest absolute Gasteiger partial charge is 0.304 e. The Balaban J connectivity index is 0.00000135. The second-order valence-corrected chi connectivity index (χ2v) is 6.87. The molecule has 1 aliphatic rings. The number of hydrogen-bond donors (Lipinski definition) is 0. The molecule has 1 aromatic heterocycles. The van der Waals surface area contributed by atoms with Gasteiger partial charge < -0.3 is 4.98 Å². The number of nitrogens with zero attached hydrogens (tertiary/aromatic N) is 1. The average molecular weight is 475 g/mol. The van der Waals surface area contributed by atoms with Gasteiger partial charge in [-0.3, -0.25) is 0 Å². The summed E-state index contributed by atoms with van der Waals surface area (Å²) in [7, 11) is 0. The van der Waals surface area contributed by atoms with E-state index in [9.17, 15) is 0 Å². The van der Waals surface area contributed by atoms with Gasteiger partial charge >= 0.3 is 0 Å². The van der Waals surface area contributed by atoms with Crippen molar-refractivity contribution in [1.29, 1.82) is 0 Å². The fraction of sp³-hybridized carbons (Fsp3) is 0.190. The number of fused-ring (bicyclic) bond motifs is 3. The first-order valence-corrected chi connectivity index (χ1v) is 7.76. The van der Waals surface area contributed by atoms with E-state index < -0.39 is 0 Å². The first kappa shape index (κ1) is 14.8. The van der Waals surface area contributed by atoms with Crippen molar-refractivity contribution < 1.29 is 20.1 Å². The summed E-state index contributed by atoms with van der Waals surface area (Å²) in [6.07, 6.45) is 1.89. The fourth-order valence-electron chi connectivity index (χ4n) is 4.18. The molecule has 2 heteroatoms. The van der Waals surface area contributed by atoms with Crippen LogP contribution in [0.1, 0.15) is 30.5 Å². The fourth-order valence-corrected chi connectivity index (χ4v) is 4.18. The summed E-state index contributed by atoms with van der Waals surface area (Å²) in [5.74, 6) is 0. The van der Waals surface area contributed by atoms with Crippen LogP contribution >= 0.6 is 0 Å². The zero-order valence-electron chi connectivity index (χ0n) is 13.3. The minimum atomic E-state index is 0. The van der Waals surface area contributed by atoms with E-state index in [0.717, 1.165) is 5.52 Å². The van der Waals surface area contributed by atoms with Crippen molar-refractivity contribution in [3.05, 3.63) is 65.4 Å². The molecular weight excluding hydrogens is 458 g/mol.